The number of aliphatic hydroxyl groups is 5. The average Bonchev–Trinajstić information content (AvgIpc) is 3.40. The number of ether oxygens (including phenoxy) is 3. The Morgan fingerprint density at radius 3 is 1.42 bits per heavy atom. The summed E-state index contributed by atoms with van der Waals surface area (Å²) >= 11 is 0. The van der Waals surface area contributed by atoms with E-state index in [0.717, 1.165) is 89.9 Å². The third-order valence-corrected chi connectivity index (χ3v) is 14.2. The van der Waals surface area contributed by atoms with E-state index in [0.29, 0.717) is 19.3 Å². The summed E-state index contributed by atoms with van der Waals surface area (Å²) in [4.78, 5) is 26.5. The van der Waals surface area contributed by atoms with Crippen molar-refractivity contribution in [2.45, 2.75) is 314 Å². The van der Waals surface area contributed by atoms with E-state index in [-0.39, 0.29) is 13.0 Å². The summed E-state index contributed by atoms with van der Waals surface area (Å²) in [5, 5.41) is 56.9. The van der Waals surface area contributed by atoms with Crippen LogP contribution in [0, 0.1) is 0 Å². The molecule has 1 fully saturated rings. The van der Waals surface area contributed by atoms with Gasteiger partial charge < -0.3 is 45.1 Å². The first-order valence-corrected chi connectivity index (χ1v) is 30.6. The first-order chi connectivity index (χ1) is 36.2. The Labute approximate surface area is 452 Å². The Kier molecular flexibility index (Phi) is 47.9. The summed E-state index contributed by atoms with van der Waals surface area (Å²) in [6.45, 7) is 5.74. The first kappa shape index (κ1) is 69.4. The first-order valence-electron chi connectivity index (χ1n) is 30.6. The fourth-order valence-corrected chi connectivity index (χ4v) is 9.28. The zero-order chi connectivity index (χ0) is 54.0. The van der Waals surface area contributed by atoms with Crippen molar-refractivity contribution in [2.75, 3.05) is 13.2 Å². The molecule has 0 aromatic heterocycles. The Balaban J connectivity index is 2.68. The number of aliphatic hydroxyl groups excluding tert-OH is 5. The number of allylic oxidation sites excluding steroid dienone is 9. The summed E-state index contributed by atoms with van der Waals surface area (Å²) in [6.07, 6.45) is 52.5. The SMILES string of the molecule is CCCCC/C=C\C/C=C\C/C=C\C/C=C\CCCCCCCC(=O)OC1C(OCC(NC(=O)C(O)CCCCCCCCCCCCCC)C(O)/C=C/CCCCCCCCCCCC)OC(CO)C(O)C1O. The molecule has 1 rings (SSSR count). The molecule has 8 atom stereocenters. The van der Waals surface area contributed by atoms with Crippen LogP contribution >= 0.6 is 0 Å². The molecule has 74 heavy (non-hydrogen) atoms. The molecule has 0 spiro atoms. The zero-order valence-corrected chi connectivity index (χ0v) is 47.5. The maximum atomic E-state index is 13.4. The van der Waals surface area contributed by atoms with Gasteiger partial charge in [0.2, 0.25) is 5.91 Å². The number of unbranched alkanes of at least 4 members (excludes halogenated alkanes) is 29. The fraction of sp³-hybridized carbons (Fsp3) is 0.810. The molecular weight excluding hydrogens is 931 g/mol. The molecule has 0 bridgehead atoms. The lowest BCUT2D eigenvalue weighted by atomic mass is 9.99. The molecular formula is C63H113NO10. The number of carbonyl (C=O) groups excluding carboxylic acids is 2. The molecule has 0 aliphatic carbocycles. The van der Waals surface area contributed by atoms with Crippen molar-refractivity contribution in [1.82, 2.24) is 5.32 Å². The van der Waals surface area contributed by atoms with Crippen molar-refractivity contribution in [3.8, 4) is 0 Å². The molecule has 1 aliphatic heterocycles. The lowest BCUT2D eigenvalue weighted by Gasteiger charge is -2.41. The minimum atomic E-state index is -1.62. The van der Waals surface area contributed by atoms with Gasteiger partial charge in [-0.25, -0.2) is 0 Å². The Morgan fingerprint density at radius 2 is 0.932 bits per heavy atom. The summed E-state index contributed by atoms with van der Waals surface area (Å²) in [5.74, 6) is -1.21. The number of esters is 1. The molecule has 0 saturated carbocycles. The maximum absolute atomic E-state index is 13.4. The van der Waals surface area contributed by atoms with Crippen LogP contribution in [0.25, 0.3) is 0 Å². The fourth-order valence-electron chi connectivity index (χ4n) is 9.28. The lowest BCUT2D eigenvalue weighted by Crippen LogP contribution is -2.61. The van der Waals surface area contributed by atoms with Crippen molar-refractivity contribution in [3.63, 3.8) is 0 Å². The highest BCUT2D eigenvalue weighted by Gasteiger charge is 2.47. The molecule has 0 aromatic rings. The van der Waals surface area contributed by atoms with E-state index in [1.165, 1.54) is 128 Å². The second-order valence-electron chi connectivity index (χ2n) is 21.1. The number of nitrogens with one attached hydrogen (secondary N) is 1. The summed E-state index contributed by atoms with van der Waals surface area (Å²) in [7, 11) is 0. The second kappa shape index (κ2) is 51.1. The van der Waals surface area contributed by atoms with Gasteiger partial charge in [0.05, 0.1) is 25.4 Å². The monoisotopic (exact) mass is 1040 g/mol. The highest BCUT2D eigenvalue weighted by molar-refractivity contribution is 5.80. The van der Waals surface area contributed by atoms with Crippen LogP contribution in [0.1, 0.15) is 265 Å². The van der Waals surface area contributed by atoms with Crippen LogP contribution in [0.3, 0.4) is 0 Å². The number of hydrogen-bond donors (Lipinski definition) is 6. The van der Waals surface area contributed by atoms with E-state index in [1.54, 1.807) is 6.08 Å². The number of hydrogen-bond acceptors (Lipinski definition) is 10. The number of amides is 1. The van der Waals surface area contributed by atoms with Gasteiger partial charge in [-0.3, -0.25) is 9.59 Å². The van der Waals surface area contributed by atoms with Gasteiger partial charge in [-0.15, -0.1) is 0 Å². The minimum absolute atomic E-state index is 0.102. The van der Waals surface area contributed by atoms with Gasteiger partial charge in [-0.2, -0.15) is 0 Å². The van der Waals surface area contributed by atoms with Gasteiger partial charge in [0.1, 0.15) is 24.4 Å². The topological polar surface area (TPSA) is 175 Å². The number of carbonyl (C=O) groups is 2. The summed E-state index contributed by atoms with van der Waals surface area (Å²) in [6, 6.07) is -1.03. The average molecular weight is 1040 g/mol. The van der Waals surface area contributed by atoms with Gasteiger partial charge >= 0.3 is 5.97 Å². The molecule has 11 nitrogen and oxygen atoms in total. The predicted molar refractivity (Wildman–Crippen MR) is 306 cm³/mol. The summed E-state index contributed by atoms with van der Waals surface area (Å²) in [5.41, 5.74) is 0. The van der Waals surface area contributed by atoms with Gasteiger partial charge in [0, 0.05) is 6.42 Å². The maximum Gasteiger partial charge on any atom is 0.306 e. The second-order valence-corrected chi connectivity index (χ2v) is 21.1. The van der Waals surface area contributed by atoms with Gasteiger partial charge in [-0.05, 0) is 70.6 Å². The molecule has 0 radical (unpaired) electrons. The van der Waals surface area contributed by atoms with Crippen molar-refractivity contribution >= 4 is 11.9 Å². The van der Waals surface area contributed by atoms with Gasteiger partial charge in [0.25, 0.3) is 0 Å². The third kappa shape index (κ3) is 38.8. The Morgan fingerprint density at radius 1 is 0.527 bits per heavy atom. The van der Waals surface area contributed by atoms with Crippen LogP contribution in [-0.2, 0) is 23.8 Å². The minimum Gasteiger partial charge on any atom is -0.454 e. The summed E-state index contributed by atoms with van der Waals surface area (Å²) < 4.78 is 17.6. The van der Waals surface area contributed by atoms with Crippen molar-refractivity contribution < 1.29 is 49.3 Å². The standard InChI is InChI=1S/C63H113NO10/c1-4-7-10-13-16-19-22-25-26-27-28-29-30-31-32-33-36-39-42-45-48-51-58(68)74-61-60(70)59(69)57(52-65)73-63(61)72-53-54(55(66)49-46-43-40-37-34-23-20-17-14-11-8-5-2)64-62(71)56(67)50-47-44-41-38-35-24-21-18-15-12-9-6-3/h16,19,25-26,28-29,31-32,46,49,54-57,59-61,63,65-67,69-70H,4-15,17-18,20-24,27,30,33-45,47-48,50-53H2,1-3H3,(H,64,71)/b19-16-,26-25-,29-28-,32-31-,49-46+. The van der Waals surface area contributed by atoms with Crippen LogP contribution in [0.15, 0.2) is 60.8 Å². The number of rotatable bonds is 51. The predicted octanol–water partition coefficient (Wildman–Crippen LogP) is 14.2. The van der Waals surface area contributed by atoms with E-state index in [1.807, 2.05) is 6.08 Å². The van der Waals surface area contributed by atoms with Gasteiger partial charge in [0.15, 0.2) is 12.4 Å². The molecule has 1 heterocycles. The van der Waals surface area contributed by atoms with Crippen molar-refractivity contribution in [3.05, 3.63) is 60.8 Å². The smallest absolute Gasteiger partial charge is 0.306 e. The molecule has 430 valence electrons. The quantitative estimate of drug-likeness (QED) is 0.0195. The van der Waals surface area contributed by atoms with Gasteiger partial charge in [-0.1, -0.05) is 248 Å². The van der Waals surface area contributed by atoms with E-state index in [4.69, 9.17) is 14.2 Å². The van der Waals surface area contributed by atoms with Crippen LogP contribution < -0.4 is 5.32 Å². The van der Waals surface area contributed by atoms with Crippen molar-refractivity contribution in [2.24, 2.45) is 0 Å². The Bertz CT molecular complexity index is 1430. The molecule has 11 heteroatoms. The highest BCUT2D eigenvalue weighted by atomic mass is 16.7. The molecule has 1 amide bonds. The molecule has 8 unspecified atom stereocenters. The normalized spacial score (nSPS) is 19.7. The van der Waals surface area contributed by atoms with Crippen LogP contribution in [0.2, 0.25) is 0 Å². The highest BCUT2D eigenvalue weighted by Crippen LogP contribution is 2.26. The van der Waals surface area contributed by atoms with Crippen molar-refractivity contribution in [1.29, 1.82) is 0 Å². The van der Waals surface area contributed by atoms with Crippen LogP contribution in [-0.4, -0.2) is 99.6 Å². The third-order valence-electron chi connectivity index (χ3n) is 14.2. The Hall–Kier alpha value is -2.64. The molecule has 1 aliphatic rings. The van der Waals surface area contributed by atoms with Crippen LogP contribution in [0.5, 0.6) is 0 Å². The molecule has 6 N–H and O–H groups in total. The van der Waals surface area contributed by atoms with E-state index in [2.05, 4.69) is 74.7 Å². The molecule has 0 aromatic carbocycles. The lowest BCUT2D eigenvalue weighted by molar-refractivity contribution is -0.305. The van der Waals surface area contributed by atoms with Crippen LogP contribution in [0.4, 0.5) is 0 Å². The van der Waals surface area contributed by atoms with E-state index in [9.17, 15) is 35.1 Å². The molecule has 1 saturated heterocycles. The van der Waals surface area contributed by atoms with E-state index < -0.39 is 67.4 Å². The largest absolute Gasteiger partial charge is 0.454 e. The van der Waals surface area contributed by atoms with E-state index >= 15 is 0 Å². The zero-order valence-electron chi connectivity index (χ0n) is 47.5.